The second kappa shape index (κ2) is 7.36. The minimum absolute atomic E-state index is 0.0432. The normalized spacial score (nSPS) is 16.1. The first kappa shape index (κ1) is 19.0. The van der Waals surface area contributed by atoms with E-state index in [1.54, 1.807) is 10.5 Å². The van der Waals surface area contributed by atoms with Gasteiger partial charge in [0.05, 0.1) is 11.4 Å². The number of aryl methyl sites for hydroxylation is 1. The van der Waals surface area contributed by atoms with Crippen LogP contribution in [0, 0.1) is 6.92 Å². The molecule has 0 aromatic carbocycles. The lowest BCUT2D eigenvalue weighted by atomic mass is 9.90. The SMILES string of the molecule is Cc1cn2cc(-c3cc(=O)n4cc(C5CCN(C(C)C)CC5)ccc4n3)ccc2n1. The number of rotatable bonds is 3. The van der Waals surface area contributed by atoms with Gasteiger partial charge in [-0.2, -0.15) is 0 Å². The molecule has 1 fully saturated rings. The van der Waals surface area contributed by atoms with Gasteiger partial charge in [-0.15, -0.1) is 0 Å². The number of aromatic nitrogens is 4. The van der Waals surface area contributed by atoms with Crippen molar-refractivity contribution in [3.05, 3.63) is 70.5 Å². The first-order valence-electron chi connectivity index (χ1n) is 10.7. The van der Waals surface area contributed by atoms with E-state index in [4.69, 9.17) is 4.98 Å². The first-order valence-corrected chi connectivity index (χ1v) is 10.7. The quantitative estimate of drug-likeness (QED) is 0.522. The lowest BCUT2D eigenvalue weighted by Crippen LogP contribution is -2.37. The molecule has 1 aliphatic rings. The molecule has 6 nitrogen and oxygen atoms in total. The summed E-state index contributed by atoms with van der Waals surface area (Å²) in [6, 6.07) is 10.3. The predicted molar refractivity (Wildman–Crippen MR) is 119 cm³/mol. The Balaban J connectivity index is 1.47. The van der Waals surface area contributed by atoms with E-state index in [2.05, 4.69) is 29.8 Å². The van der Waals surface area contributed by atoms with Gasteiger partial charge in [-0.05, 0) is 76.4 Å². The van der Waals surface area contributed by atoms with E-state index in [1.807, 2.05) is 48.1 Å². The highest BCUT2D eigenvalue weighted by atomic mass is 16.1. The van der Waals surface area contributed by atoms with Crippen LogP contribution in [-0.2, 0) is 0 Å². The van der Waals surface area contributed by atoms with Crippen molar-refractivity contribution < 1.29 is 0 Å². The minimum Gasteiger partial charge on any atom is -0.306 e. The maximum absolute atomic E-state index is 12.9. The summed E-state index contributed by atoms with van der Waals surface area (Å²) in [6.07, 6.45) is 8.21. The summed E-state index contributed by atoms with van der Waals surface area (Å²) in [6.45, 7) is 8.71. The number of fused-ring (bicyclic) bond motifs is 2. The highest BCUT2D eigenvalue weighted by Crippen LogP contribution is 2.29. The Morgan fingerprint density at radius 2 is 1.73 bits per heavy atom. The lowest BCUT2D eigenvalue weighted by molar-refractivity contribution is 0.172. The van der Waals surface area contributed by atoms with Crippen LogP contribution < -0.4 is 5.56 Å². The third-order valence-corrected chi connectivity index (χ3v) is 6.28. The standard InChI is InChI=1S/C24H27N5O/c1-16(2)27-10-8-18(9-11-27)19-4-7-23-26-21(12-24(30)29(23)15-19)20-5-6-22-25-17(3)13-28(22)14-20/h4-7,12-16,18H,8-11H2,1-3H3. The summed E-state index contributed by atoms with van der Waals surface area (Å²) in [5.74, 6) is 0.503. The smallest absolute Gasteiger partial charge is 0.258 e. The van der Waals surface area contributed by atoms with E-state index in [9.17, 15) is 4.79 Å². The molecule has 5 heterocycles. The Hall–Kier alpha value is -2.99. The summed E-state index contributed by atoms with van der Waals surface area (Å²) < 4.78 is 3.66. The van der Waals surface area contributed by atoms with Gasteiger partial charge < -0.3 is 9.30 Å². The minimum atomic E-state index is -0.0432. The third kappa shape index (κ3) is 3.41. The molecular weight excluding hydrogens is 374 g/mol. The van der Waals surface area contributed by atoms with Crippen LogP contribution in [0.2, 0.25) is 0 Å². The van der Waals surface area contributed by atoms with E-state index in [0.29, 0.717) is 23.3 Å². The second-order valence-electron chi connectivity index (χ2n) is 8.64. The average Bonchev–Trinajstić information content (AvgIpc) is 3.12. The zero-order chi connectivity index (χ0) is 20.8. The zero-order valence-electron chi connectivity index (χ0n) is 17.7. The van der Waals surface area contributed by atoms with Crippen LogP contribution in [0.5, 0.6) is 0 Å². The van der Waals surface area contributed by atoms with Crippen molar-refractivity contribution in [2.24, 2.45) is 0 Å². The summed E-state index contributed by atoms with van der Waals surface area (Å²) in [7, 11) is 0. The van der Waals surface area contributed by atoms with Crippen molar-refractivity contribution in [2.75, 3.05) is 13.1 Å². The molecule has 0 aliphatic carbocycles. The number of piperidine rings is 1. The van der Waals surface area contributed by atoms with Gasteiger partial charge in [0.1, 0.15) is 11.3 Å². The molecular formula is C24H27N5O. The van der Waals surface area contributed by atoms with Crippen molar-refractivity contribution in [2.45, 2.75) is 45.6 Å². The molecule has 1 saturated heterocycles. The second-order valence-corrected chi connectivity index (χ2v) is 8.64. The Labute approximate surface area is 175 Å². The van der Waals surface area contributed by atoms with E-state index in [-0.39, 0.29) is 5.56 Å². The van der Waals surface area contributed by atoms with Crippen LogP contribution in [0.15, 0.2) is 53.7 Å². The van der Waals surface area contributed by atoms with E-state index in [0.717, 1.165) is 42.8 Å². The third-order valence-electron chi connectivity index (χ3n) is 6.28. The number of hydrogen-bond donors (Lipinski definition) is 0. The maximum atomic E-state index is 12.9. The molecule has 0 spiro atoms. The summed E-state index contributed by atoms with van der Waals surface area (Å²) in [5.41, 5.74) is 5.32. The molecule has 154 valence electrons. The summed E-state index contributed by atoms with van der Waals surface area (Å²) in [5, 5.41) is 0. The van der Waals surface area contributed by atoms with Gasteiger partial charge in [-0.25, -0.2) is 9.97 Å². The number of imidazole rings is 1. The molecule has 4 aromatic heterocycles. The van der Waals surface area contributed by atoms with Gasteiger partial charge in [0.25, 0.3) is 5.56 Å². The monoisotopic (exact) mass is 401 g/mol. The number of hydrogen-bond acceptors (Lipinski definition) is 4. The van der Waals surface area contributed by atoms with E-state index < -0.39 is 0 Å². The highest BCUT2D eigenvalue weighted by molar-refractivity contribution is 5.63. The lowest BCUT2D eigenvalue weighted by Gasteiger charge is -2.34. The highest BCUT2D eigenvalue weighted by Gasteiger charge is 2.22. The molecule has 0 radical (unpaired) electrons. The van der Waals surface area contributed by atoms with Crippen molar-refractivity contribution in [3.8, 4) is 11.3 Å². The van der Waals surface area contributed by atoms with E-state index in [1.165, 1.54) is 5.56 Å². The molecule has 0 amide bonds. The fraction of sp³-hybridized carbons (Fsp3) is 0.375. The van der Waals surface area contributed by atoms with Gasteiger partial charge >= 0.3 is 0 Å². The van der Waals surface area contributed by atoms with Gasteiger partial charge in [0.2, 0.25) is 0 Å². The van der Waals surface area contributed by atoms with Crippen LogP contribution >= 0.6 is 0 Å². The Kier molecular flexibility index (Phi) is 4.66. The van der Waals surface area contributed by atoms with Crippen molar-refractivity contribution in [1.82, 2.24) is 23.7 Å². The number of pyridine rings is 2. The van der Waals surface area contributed by atoms with Gasteiger partial charge in [0, 0.05) is 36.3 Å². The Morgan fingerprint density at radius 1 is 0.967 bits per heavy atom. The summed E-state index contributed by atoms with van der Waals surface area (Å²) in [4.78, 5) is 24.7. The molecule has 6 heteroatoms. The molecule has 30 heavy (non-hydrogen) atoms. The summed E-state index contributed by atoms with van der Waals surface area (Å²) >= 11 is 0. The predicted octanol–water partition coefficient (Wildman–Crippen LogP) is 3.91. The van der Waals surface area contributed by atoms with Crippen molar-refractivity contribution in [1.29, 1.82) is 0 Å². The molecule has 4 aromatic rings. The van der Waals surface area contributed by atoms with E-state index >= 15 is 0 Å². The maximum Gasteiger partial charge on any atom is 0.258 e. The van der Waals surface area contributed by atoms with Crippen LogP contribution in [0.4, 0.5) is 0 Å². The molecule has 5 rings (SSSR count). The Morgan fingerprint density at radius 3 is 2.50 bits per heavy atom. The molecule has 0 saturated carbocycles. The van der Waals surface area contributed by atoms with Gasteiger partial charge in [0.15, 0.2) is 0 Å². The zero-order valence-corrected chi connectivity index (χ0v) is 17.7. The first-order chi connectivity index (χ1) is 14.5. The van der Waals surface area contributed by atoms with Crippen molar-refractivity contribution >= 4 is 11.3 Å². The molecule has 0 bridgehead atoms. The van der Waals surface area contributed by atoms with Gasteiger partial charge in [-0.3, -0.25) is 9.20 Å². The topological polar surface area (TPSA) is 54.9 Å². The Bertz CT molecular complexity index is 1280. The molecule has 0 unspecified atom stereocenters. The largest absolute Gasteiger partial charge is 0.306 e. The van der Waals surface area contributed by atoms with Crippen LogP contribution in [0.25, 0.3) is 22.6 Å². The average molecular weight is 402 g/mol. The van der Waals surface area contributed by atoms with Crippen molar-refractivity contribution in [3.63, 3.8) is 0 Å². The van der Waals surface area contributed by atoms with Crippen LogP contribution in [0.1, 0.15) is 43.9 Å². The molecule has 0 atom stereocenters. The number of likely N-dealkylation sites (tertiary alicyclic amines) is 1. The molecule has 0 N–H and O–H groups in total. The molecule has 1 aliphatic heterocycles. The van der Waals surface area contributed by atoms with Crippen LogP contribution in [0.3, 0.4) is 0 Å². The van der Waals surface area contributed by atoms with Crippen LogP contribution in [-0.4, -0.2) is 42.8 Å². The van der Waals surface area contributed by atoms with Gasteiger partial charge in [-0.1, -0.05) is 6.07 Å². The fourth-order valence-electron chi connectivity index (χ4n) is 4.53. The fourth-order valence-corrected chi connectivity index (χ4v) is 4.53. The number of nitrogens with zero attached hydrogens (tertiary/aromatic N) is 5.